The van der Waals surface area contributed by atoms with E-state index in [4.69, 9.17) is 11.6 Å². The topological polar surface area (TPSA) is 66.5 Å². The van der Waals surface area contributed by atoms with Crippen LogP contribution in [0.25, 0.3) is 0 Å². The molecular formula is C32H28BrClN2O3S. The average molecular weight is 636 g/mol. The number of rotatable bonds is 7. The molecule has 4 atom stereocenters. The van der Waals surface area contributed by atoms with Crippen LogP contribution >= 0.6 is 38.9 Å². The second-order valence-electron chi connectivity index (χ2n) is 10.1. The highest BCUT2D eigenvalue weighted by atomic mass is 79.9. The molecule has 1 aliphatic rings. The van der Waals surface area contributed by atoms with E-state index < -0.39 is 23.9 Å². The van der Waals surface area contributed by atoms with Crippen LogP contribution in [-0.4, -0.2) is 34.6 Å². The number of carbonyl (C=O) groups excluding carboxylic acids is 3. The van der Waals surface area contributed by atoms with Gasteiger partial charge in [-0.15, -0.1) is 11.3 Å². The van der Waals surface area contributed by atoms with Crippen molar-refractivity contribution in [1.29, 1.82) is 0 Å². The summed E-state index contributed by atoms with van der Waals surface area (Å²) in [5, 5.41) is 5.45. The summed E-state index contributed by atoms with van der Waals surface area (Å²) in [6.45, 7) is 3.77. The number of nitrogens with one attached hydrogen (secondary N) is 1. The fourth-order valence-corrected chi connectivity index (χ4v) is 6.82. The van der Waals surface area contributed by atoms with Crippen LogP contribution in [0.2, 0.25) is 5.02 Å². The molecule has 4 unspecified atom stereocenters. The summed E-state index contributed by atoms with van der Waals surface area (Å²) in [4.78, 5) is 45.2. The quantitative estimate of drug-likeness (QED) is 0.214. The molecule has 0 radical (unpaired) electrons. The number of halogens is 2. The lowest BCUT2D eigenvalue weighted by Gasteiger charge is -2.32. The number of amides is 2. The number of benzene rings is 3. The first-order chi connectivity index (χ1) is 19.3. The summed E-state index contributed by atoms with van der Waals surface area (Å²) >= 11 is 11.1. The van der Waals surface area contributed by atoms with E-state index in [9.17, 15) is 14.4 Å². The van der Waals surface area contributed by atoms with Crippen LogP contribution < -0.4 is 5.32 Å². The van der Waals surface area contributed by atoms with Crippen molar-refractivity contribution in [3.8, 4) is 0 Å². The van der Waals surface area contributed by atoms with Crippen molar-refractivity contribution in [3.63, 3.8) is 0 Å². The van der Waals surface area contributed by atoms with E-state index in [1.54, 1.807) is 41.3 Å². The van der Waals surface area contributed by atoms with Gasteiger partial charge >= 0.3 is 0 Å². The largest absolute Gasteiger partial charge is 0.352 e. The SMILES string of the molecule is CC(C)NC(=O)C1C(c2ccc(Cl)cc2)C(C(=O)c2cccs2)C(c2ccccc2)N1C(=O)c1cccc(Br)c1. The van der Waals surface area contributed by atoms with Crippen molar-refractivity contribution >= 4 is 56.5 Å². The maximum Gasteiger partial charge on any atom is 0.255 e. The Morgan fingerprint density at radius 1 is 0.900 bits per heavy atom. The van der Waals surface area contributed by atoms with Gasteiger partial charge in [0.25, 0.3) is 5.91 Å². The molecule has 0 bridgehead atoms. The van der Waals surface area contributed by atoms with Crippen LogP contribution in [0.1, 0.15) is 57.0 Å². The number of ketones is 1. The summed E-state index contributed by atoms with van der Waals surface area (Å²) in [5.74, 6) is -2.07. The number of carbonyl (C=O) groups is 3. The van der Waals surface area contributed by atoms with E-state index in [0.29, 0.717) is 15.5 Å². The third kappa shape index (κ3) is 5.64. The summed E-state index contributed by atoms with van der Waals surface area (Å²) in [6, 6.07) is 25.7. The van der Waals surface area contributed by atoms with E-state index in [1.165, 1.54) is 11.3 Å². The highest BCUT2D eigenvalue weighted by Gasteiger charge is 2.57. The lowest BCUT2D eigenvalue weighted by molar-refractivity contribution is -0.126. The molecule has 204 valence electrons. The maximum atomic E-state index is 14.5. The monoisotopic (exact) mass is 634 g/mol. The number of hydrogen-bond donors (Lipinski definition) is 1. The Kier molecular flexibility index (Phi) is 8.54. The van der Waals surface area contributed by atoms with Crippen molar-refractivity contribution < 1.29 is 14.4 Å². The van der Waals surface area contributed by atoms with Crippen LogP contribution in [-0.2, 0) is 4.79 Å². The lowest BCUT2D eigenvalue weighted by Crippen LogP contribution is -2.50. The summed E-state index contributed by atoms with van der Waals surface area (Å²) in [7, 11) is 0. The van der Waals surface area contributed by atoms with Gasteiger partial charge in [-0.25, -0.2) is 0 Å². The van der Waals surface area contributed by atoms with Gasteiger partial charge in [-0.3, -0.25) is 14.4 Å². The molecule has 5 rings (SSSR count). The first kappa shape index (κ1) is 28.3. The Morgan fingerprint density at radius 3 is 2.25 bits per heavy atom. The first-order valence-electron chi connectivity index (χ1n) is 13.0. The zero-order valence-electron chi connectivity index (χ0n) is 22.0. The molecule has 1 aliphatic heterocycles. The minimum atomic E-state index is -0.950. The van der Waals surface area contributed by atoms with Crippen LogP contribution in [0.15, 0.2) is 101 Å². The van der Waals surface area contributed by atoms with Crippen molar-refractivity contribution in [1.82, 2.24) is 10.2 Å². The van der Waals surface area contributed by atoms with E-state index in [0.717, 1.165) is 15.6 Å². The van der Waals surface area contributed by atoms with E-state index in [1.807, 2.05) is 73.8 Å². The van der Waals surface area contributed by atoms with Crippen molar-refractivity contribution in [2.24, 2.45) is 5.92 Å². The zero-order valence-corrected chi connectivity index (χ0v) is 25.1. The molecule has 4 aromatic rings. The summed E-state index contributed by atoms with van der Waals surface area (Å²) in [5.41, 5.74) is 1.99. The van der Waals surface area contributed by atoms with Gasteiger partial charge in [-0.05, 0) is 66.8 Å². The molecule has 1 saturated heterocycles. The Labute approximate surface area is 251 Å². The molecular weight excluding hydrogens is 608 g/mol. The standard InChI is InChI=1S/C32H28BrClN2O3S/c1-19(2)35-31(38)29-26(20-13-15-24(34)16-14-20)27(30(37)25-12-7-17-40-25)28(21-8-4-3-5-9-21)36(29)32(39)22-10-6-11-23(33)18-22/h3-19,26-29H,1-2H3,(H,35,38). The first-order valence-corrected chi connectivity index (χ1v) is 15.1. The predicted octanol–water partition coefficient (Wildman–Crippen LogP) is 7.54. The smallest absolute Gasteiger partial charge is 0.255 e. The van der Waals surface area contributed by atoms with E-state index in [-0.39, 0.29) is 23.6 Å². The minimum Gasteiger partial charge on any atom is -0.352 e. The Morgan fingerprint density at radius 2 is 1.62 bits per heavy atom. The summed E-state index contributed by atoms with van der Waals surface area (Å²) < 4.78 is 0.748. The molecule has 1 aromatic heterocycles. The van der Waals surface area contributed by atoms with E-state index in [2.05, 4.69) is 21.2 Å². The van der Waals surface area contributed by atoms with Crippen molar-refractivity contribution in [2.45, 2.75) is 37.9 Å². The molecule has 5 nitrogen and oxygen atoms in total. The van der Waals surface area contributed by atoms with Gasteiger partial charge < -0.3 is 10.2 Å². The number of Topliss-reactive ketones (excluding diaryl/α,β-unsaturated/α-hetero) is 1. The number of likely N-dealkylation sites (tertiary alicyclic amines) is 1. The fraction of sp³-hybridized carbons (Fsp3) is 0.219. The molecule has 1 N–H and O–H groups in total. The molecule has 2 amide bonds. The highest BCUT2D eigenvalue weighted by molar-refractivity contribution is 9.10. The van der Waals surface area contributed by atoms with Gasteiger partial charge in [0.2, 0.25) is 5.91 Å². The van der Waals surface area contributed by atoms with Gasteiger partial charge in [0.05, 0.1) is 16.8 Å². The number of nitrogens with zero attached hydrogens (tertiary/aromatic N) is 1. The normalized spacial score (nSPS) is 20.5. The van der Waals surface area contributed by atoms with Crippen LogP contribution in [0.3, 0.4) is 0 Å². The predicted molar refractivity (Wildman–Crippen MR) is 163 cm³/mol. The number of hydrogen-bond acceptors (Lipinski definition) is 4. The molecule has 0 spiro atoms. The highest BCUT2D eigenvalue weighted by Crippen LogP contribution is 2.52. The van der Waals surface area contributed by atoms with Crippen LogP contribution in [0, 0.1) is 5.92 Å². The van der Waals surface area contributed by atoms with E-state index >= 15 is 0 Å². The Hall–Kier alpha value is -3.26. The summed E-state index contributed by atoms with van der Waals surface area (Å²) in [6.07, 6.45) is 0. The Bertz CT molecular complexity index is 1510. The number of thiophene rings is 1. The van der Waals surface area contributed by atoms with Crippen LogP contribution in [0.4, 0.5) is 0 Å². The molecule has 1 fully saturated rings. The van der Waals surface area contributed by atoms with Gasteiger partial charge in [0, 0.05) is 27.0 Å². The molecule has 3 aromatic carbocycles. The molecule has 40 heavy (non-hydrogen) atoms. The molecule has 2 heterocycles. The minimum absolute atomic E-state index is 0.101. The van der Waals surface area contributed by atoms with Crippen molar-refractivity contribution in [2.75, 3.05) is 0 Å². The third-order valence-corrected chi connectivity index (χ3v) is 8.76. The molecule has 0 aliphatic carbocycles. The fourth-order valence-electron chi connectivity index (χ4n) is 5.58. The third-order valence-electron chi connectivity index (χ3n) is 7.14. The maximum absolute atomic E-state index is 14.5. The second kappa shape index (κ2) is 12.1. The molecule has 0 saturated carbocycles. The van der Waals surface area contributed by atoms with Crippen LogP contribution in [0.5, 0.6) is 0 Å². The molecule has 8 heteroatoms. The van der Waals surface area contributed by atoms with Gasteiger partial charge in [-0.2, -0.15) is 0 Å². The second-order valence-corrected chi connectivity index (χ2v) is 12.4. The van der Waals surface area contributed by atoms with Gasteiger partial charge in [0.15, 0.2) is 5.78 Å². The van der Waals surface area contributed by atoms with Crippen molar-refractivity contribution in [3.05, 3.63) is 127 Å². The lowest BCUT2D eigenvalue weighted by atomic mass is 9.77. The zero-order chi connectivity index (χ0) is 28.4. The van der Waals surface area contributed by atoms with Gasteiger partial charge in [0.1, 0.15) is 6.04 Å². The Balaban J connectivity index is 1.78. The van der Waals surface area contributed by atoms with Gasteiger partial charge in [-0.1, -0.05) is 82.1 Å². The average Bonchev–Trinajstić information content (AvgIpc) is 3.60.